The van der Waals surface area contributed by atoms with Crippen LogP contribution in [0.25, 0.3) is 0 Å². The van der Waals surface area contributed by atoms with Gasteiger partial charge >= 0.3 is 0 Å². The van der Waals surface area contributed by atoms with E-state index in [-0.39, 0.29) is 0 Å². The summed E-state index contributed by atoms with van der Waals surface area (Å²) in [5, 5.41) is 0. The van der Waals surface area contributed by atoms with Crippen LogP contribution in [0.3, 0.4) is 0 Å². The minimum Gasteiger partial charge on any atom is -0.302 e. The molecule has 3 heteroatoms. The van der Waals surface area contributed by atoms with E-state index in [0.29, 0.717) is 6.04 Å². The third-order valence-corrected chi connectivity index (χ3v) is 2.16. The molecular formula is C8H19N3. The number of hydrogen-bond acceptors (Lipinski definition) is 3. The van der Waals surface area contributed by atoms with Crippen molar-refractivity contribution in [2.24, 2.45) is 0 Å². The molecule has 0 unspecified atom stereocenters. The highest BCUT2D eigenvalue weighted by atomic mass is 15.4. The minimum absolute atomic E-state index is 0.659. The van der Waals surface area contributed by atoms with Gasteiger partial charge < -0.3 is 4.90 Å². The number of hydrazine groups is 1. The van der Waals surface area contributed by atoms with Gasteiger partial charge in [0.1, 0.15) is 0 Å². The van der Waals surface area contributed by atoms with Crippen LogP contribution in [0.2, 0.25) is 0 Å². The van der Waals surface area contributed by atoms with Gasteiger partial charge in [-0.2, -0.15) is 0 Å². The SMILES string of the molecule is CCCN1CC[C@@H](NNC)C1. The lowest BCUT2D eigenvalue weighted by atomic mass is 10.3. The van der Waals surface area contributed by atoms with Gasteiger partial charge in [0.2, 0.25) is 0 Å². The normalized spacial score (nSPS) is 26.2. The Morgan fingerprint density at radius 2 is 2.36 bits per heavy atom. The molecule has 0 aliphatic carbocycles. The molecule has 0 aromatic heterocycles. The fourth-order valence-corrected chi connectivity index (χ4v) is 1.67. The largest absolute Gasteiger partial charge is 0.302 e. The molecule has 1 heterocycles. The van der Waals surface area contributed by atoms with E-state index in [1.54, 1.807) is 0 Å². The maximum atomic E-state index is 3.24. The summed E-state index contributed by atoms with van der Waals surface area (Å²) in [7, 11) is 1.93. The number of hydrogen-bond donors (Lipinski definition) is 2. The highest BCUT2D eigenvalue weighted by molar-refractivity contribution is 4.78. The molecule has 0 amide bonds. The Labute approximate surface area is 69.1 Å². The summed E-state index contributed by atoms with van der Waals surface area (Å²) in [5.41, 5.74) is 6.24. The Morgan fingerprint density at radius 1 is 1.55 bits per heavy atom. The van der Waals surface area contributed by atoms with Gasteiger partial charge in [0, 0.05) is 12.6 Å². The van der Waals surface area contributed by atoms with Gasteiger partial charge in [-0.15, -0.1) is 0 Å². The number of nitrogens with one attached hydrogen (secondary N) is 2. The Hall–Kier alpha value is -0.120. The molecule has 2 N–H and O–H groups in total. The van der Waals surface area contributed by atoms with E-state index in [2.05, 4.69) is 22.7 Å². The molecule has 0 aromatic rings. The smallest absolute Gasteiger partial charge is 0.0352 e. The highest BCUT2D eigenvalue weighted by Gasteiger charge is 2.20. The minimum atomic E-state index is 0.659. The van der Waals surface area contributed by atoms with Crippen molar-refractivity contribution < 1.29 is 0 Å². The molecule has 1 aliphatic heterocycles. The Balaban J connectivity index is 2.12. The summed E-state index contributed by atoms with van der Waals surface area (Å²) < 4.78 is 0. The van der Waals surface area contributed by atoms with Crippen LogP contribution in [0, 0.1) is 0 Å². The van der Waals surface area contributed by atoms with E-state index in [9.17, 15) is 0 Å². The maximum Gasteiger partial charge on any atom is 0.0352 e. The van der Waals surface area contributed by atoms with Crippen molar-refractivity contribution in [2.45, 2.75) is 25.8 Å². The lowest BCUT2D eigenvalue weighted by molar-refractivity contribution is 0.324. The molecule has 0 radical (unpaired) electrons. The van der Waals surface area contributed by atoms with Crippen LogP contribution in [0.4, 0.5) is 0 Å². The molecule has 0 bridgehead atoms. The van der Waals surface area contributed by atoms with Crippen LogP contribution in [-0.2, 0) is 0 Å². The Kier molecular flexibility index (Phi) is 3.83. The van der Waals surface area contributed by atoms with E-state index in [4.69, 9.17) is 0 Å². The second-order valence-corrected chi connectivity index (χ2v) is 3.18. The zero-order chi connectivity index (χ0) is 8.10. The summed E-state index contributed by atoms with van der Waals surface area (Å²) in [6.07, 6.45) is 2.55. The molecule has 1 aliphatic rings. The molecule has 66 valence electrons. The fraction of sp³-hybridized carbons (Fsp3) is 1.00. The molecule has 0 aromatic carbocycles. The summed E-state index contributed by atoms with van der Waals surface area (Å²) in [6, 6.07) is 0.659. The molecule has 3 nitrogen and oxygen atoms in total. The lowest BCUT2D eigenvalue weighted by Gasteiger charge is -2.14. The van der Waals surface area contributed by atoms with Crippen molar-refractivity contribution in [3.63, 3.8) is 0 Å². The maximum absolute atomic E-state index is 3.24. The van der Waals surface area contributed by atoms with Crippen molar-refractivity contribution in [1.29, 1.82) is 0 Å². The Bertz CT molecular complexity index is 93.5. The monoisotopic (exact) mass is 157 g/mol. The van der Waals surface area contributed by atoms with Crippen molar-refractivity contribution >= 4 is 0 Å². The van der Waals surface area contributed by atoms with Gasteiger partial charge in [0.25, 0.3) is 0 Å². The first-order chi connectivity index (χ1) is 5.36. The molecule has 1 rings (SSSR count). The van der Waals surface area contributed by atoms with Crippen LogP contribution < -0.4 is 10.9 Å². The van der Waals surface area contributed by atoms with Crippen LogP contribution in [-0.4, -0.2) is 37.6 Å². The van der Waals surface area contributed by atoms with Gasteiger partial charge in [-0.25, -0.2) is 0 Å². The first kappa shape index (κ1) is 8.97. The van der Waals surface area contributed by atoms with Crippen LogP contribution >= 0.6 is 0 Å². The van der Waals surface area contributed by atoms with Gasteiger partial charge in [0.15, 0.2) is 0 Å². The van der Waals surface area contributed by atoms with Crippen molar-refractivity contribution in [1.82, 2.24) is 15.8 Å². The van der Waals surface area contributed by atoms with Gasteiger partial charge in [-0.05, 0) is 33.0 Å². The Morgan fingerprint density at radius 3 is 3.00 bits per heavy atom. The summed E-state index contributed by atoms with van der Waals surface area (Å²) in [6.45, 7) is 5.95. The van der Waals surface area contributed by atoms with E-state index in [0.717, 1.165) is 0 Å². The third-order valence-electron chi connectivity index (χ3n) is 2.16. The summed E-state index contributed by atoms with van der Waals surface area (Å²) in [5.74, 6) is 0. The van der Waals surface area contributed by atoms with Gasteiger partial charge in [-0.1, -0.05) is 6.92 Å². The van der Waals surface area contributed by atoms with E-state index < -0.39 is 0 Å². The average molecular weight is 157 g/mol. The lowest BCUT2D eigenvalue weighted by Crippen LogP contribution is -2.40. The molecule has 1 fully saturated rings. The topological polar surface area (TPSA) is 27.3 Å². The molecule has 0 spiro atoms. The van der Waals surface area contributed by atoms with Crippen LogP contribution in [0.15, 0.2) is 0 Å². The fourth-order valence-electron chi connectivity index (χ4n) is 1.67. The molecule has 0 saturated carbocycles. The van der Waals surface area contributed by atoms with Crippen molar-refractivity contribution in [3.05, 3.63) is 0 Å². The van der Waals surface area contributed by atoms with E-state index in [1.807, 2.05) is 7.05 Å². The van der Waals surface area contributed by atoms with Crippen molar-refractivity contribution in [2.75, 3.05) is 26.7 Å². The third kappa shape index (κ3) is 2.77. The zero-order valence-electron chi connectivity index (χ0n) is 7.56. The quantitative estimate of drug-likeness (QED) is 0.571. The summed E-state index contributed by atoms with van der Waals surface area (Å²) >= 11 is 0. The first-order valence-corrected chi connectivity index (χ1v) is 4.51. The van der Waals surface area contributed by atoms with E-state index >= 15 is 0 Å². The zero-order valence-corrected chi connectivity index (χ0v) is 7.56. The van der Waals surface area contributed by atoms with Gasteiger partial charge in [0.05, 0.1) is 0 Å². The second kappa shape index (κ2) is 4.70. The number of likely N-dealkylation sites (tertiary alicyclic amines) is 1. The molecule has 11 heavy (non-hydrogen) atoms. The average Bonchev–Trinajstić information content (AvgIpc) is 2.38. The highest BCUT2D eigenvalue weighted by Crippen LogP contribution is 2.07. The van der Waals surface area contributed by atoms with Gasteiger partial charge in [-0.3, -0.25) is 10.9 Å². The first-order valence-electron chi connectivity index (χ1n) is 4.51. The predicted molar refractivity (Wildman–Crippen MR) is 47.3 cm³/mol. The molecule has 1 atom stereocenters. The van der Waals surface area contributed by atoms with Crippen LogP contribution in [0.5, 0.6) is 0 Å². The summed E-state index contributed by atoms with van der Waals surface area (Å²) in [4.78, 5) is 2.51. The molecule has 1 saturated heterocycles. The second-order valence-electron chi connectivity index (χ2n) is 3.18. The molecular weight excluding hydrogens is 138 g/mol. The number of nitrogens with zero attached hydrogens (tertiary/aromatic N) is 1. The van der Waals surface area contributed by atoms with E-state index in [1.165, 1.54) is 32.5 Å². The van der Waals surface area contributed by atoms with Crippen molar-refractivity contribution in [3.8, 4) is 0 Å². The number of rotatable bonds is 4. The van der Waals surface area contributed by atoms with Crippen LogP contribution in [0.1, 0.15) is 19.8 Å². The standard InChI is InChI=1S/C8H19N3/c1-3-5-11-6-4-8(7-11)10-9-2/h8-10H,3-7H2,1-2H3/t8-/m1/s1. The predicted octanol–water partition coefficient (Wildman–Crippen LogP) is 0.195.